The maximum atomic E-state index is 11.3. The second-order valence-corrected chi connectivity index (χ2v) is 14.7. The van der Waals surface area contributed by atoms with Gasteiger partial charge in [0.25, 0.3) is 0 Å². The van der Waals surface area contributed by atoms with Gasteiger partial charge in [0.15, 0.2) is 25.2 Å². The monoisotopic (exact) mass is 859 g/mol. The molecule has 24 heteroatoms. The van der Waals surface area contributed by atoms with Gasteiger partial charge in [0.2, 0.25) is 0 Å². The van der Waals surface area contributed by atoms with Gasteiger partial charge in [-0.1, -0.05) is 5.21 Å². The van der Waals surface area contributed by atoms with Crippen LogP contribution in [0.4, 0.5) is 0 Å². The molecule has 0 bridgehead atoms. The molecule has 342 valence electrons. The molecule has 1 aromatic heterocycles. The minimum Gasteiger partial charge on any atom is -0.387 e. The van der Waals surface area contributed by atoms with Crippen LogP contribution in [0.1, 0.15) is 26.0 Å². The molecule has 5 rings (SSSR count). The SMILES string of the molecule is CCOC1[C@H](CO[C@H]2O[C@@H](CO[C@@H]3O[C@@H](CO[C@@H]4O[C@@H](COC)C(O)[C@H](O)[C@@H]4O)C(OCCCc4cn(CC)nn4)[C@H](O)[C@@H]3O)C(O)[C@H](O)[C@@H]2O)OC(OC)[C@@H](O)[C@H]1O. The van der Waals surface area contributed by atoms with Crippen molar-refractivity contribution in [1.82, 2.24) is 15.0 Å². The molecule has 59 heavy (non-hydrogen) atoms. The lowest BCUT2D eigenvalue weighted by Crippen LogP contribution is -2.63. The summed E-state index contributed by atoms with van der Waals surface area (Å²) in [5.41, 5.74) is 0.715. The second kappa shape index (κ2) is 22.6. The smallest absolute Gasteiger partial charge is 0.186 e. The van der Waals surface area contributed by atoms with E-state index in [9.17, 15) is 51.1 Å². The van der Waals surface area contributed by atoms with E-state index in [-0.39, 0.29) is 19.8 Å². The summed E-state index contributed by atoms with van der Waals surface area (Å²) < 4.78 is 63.8. The molecule has 0 spiro atoms. The number of nitrogens with zero attached hydrogens (tertiary/aromatic N) is 3. The first-order chi connectivity index (χ1) is 28.2. The predicted molar refractivity (Wildman–Crippen MR) is 191 cm³/mol. The molecule has 5 unspecified atom stereocenters. The summed E-state index contributed by atoms with van der Waals surface area (Å²) in [4.78, 5) is 0. The Kier molecular flexibility index (Phi) is 18.5. The van der Waals surface area contributed by atoms with E-state index in [1.807, 2.05) is 6.92 Å². The van der Waals surface area contributed by atoms with Crippen molar-refractivity contribution in [3.05, 3.63) is 11.9 Å². The summed E-state index contributed by atoms with van der Waals surface area (Å²) in [6, 6.07) is 0. The third kappa shape index (κ3) is 11.7. The molecule has 5 heterocycles. The van der Waals surface area contributed by atoms with E-state index in [2.05, 4.69) is 10.3 Å². The summed E-state index contributed by atoms with van der Waals surface area (Å²) in [5, 5.41) is 115. The Hall–Kier alpha value is -1.70. The van der Waals surface area contributed by atoms with Crippen LogP contribution in [-0.4, -0.2) is 243 Å². The average molecular weight is 860 g/mol. The summed E-state index contributed by atoms with van der Waals surface area (Å²) in [6.45, 7) is 2.84. The van der Waals surface area contributed by atoms with E-state index >= 15 is 0 Å². The Morgan fingerprint density at radius 3 is 1.49 bits per heavy atom. The summed E-state index contributed by atoms with van der Waals surface area (Å²) in [7, 11) is 2.62. The van der Waals surface area contributed by atoms with E-state index in [0.29, 0.717) is 25.1 Å². The van der Waals surface area contributed by atoms with Crippen LogP contribution in [0.15, 0.2) is 6.20 Å². The van der Waals surface area contributed by atoms with Crippen molar-refractivity contribution in [1.29, 1.82) is 0 Å². The zero-order valence-electron chi connectivity index (χ0n) is 33.3. The lowest BCUT2D eigenvalue weighted by molar-refractivity contribution is -0.350. The normalized spacial score (nSPS) is 43.2. The highest BCUT2D eigenvalue weighted by atomic mass is 16.8. The average Bonchev–Trinajstić information content (AvgIpc) is 3.70. The van der Waals surface area contributed by atoms with Crippen LogP contribution in [0.2, 0.25) is 0 Å². The number of hydrogen-bond donors (Lipinski definition) is 10. The Morgan fingerprint density at radius 1 is 0.542 bits per heavy atom. The molecule has 0 aliphatic carbocycles. The largest absolute Gasteiger partial charge is 0.387 e. The van der Waals surface area contributed by atoms with Crippen molar-refractivity contribution in [3.63, 3.8) is 0 Å². The van der Waals surface area contributed by atoms with Crippen LogP contribution < -0.4 is 0 Å². The third-order valence-electron chi connectivity index (χ3n) is 10.6. The quantitative estimate of drug-likeness (QED) is 0.0546. The first-order valence-electron chi connectivity index (χ1n) is 19.7. The van der Waals surface area contributed by atoms with Gasteiger partial charge < -0.3 is 103 Å². The zero-order valence-corrected chi connectivity index (χ0v) is 33.3. The molecule has 10 N–H and O–H groups in total. The fourth-order valence-corrected chi connectivity index (χ4v) is 7.21. The molecule has 20 atom stereocenters. The van der Waals surface area contributed by atoms with Gasteiger partial charge in [-0.2, -0.15) is 0 Å². The molecule has 4 aliphatic rings. The lowest BCUT2D eigenvalue weighted by atomic mass is 9.97. The number of rotatable bonds is 20. The Balaban J connectivity index is 1.23. The van der Waals surface area contributed by atoms with Gasteiger partial charge in [-0.15, -0.1) is 5.10 Å². The molecule has 0 amide bonds. The van der Waals surface area contributed by atoms with Gasteiger partial charge in [-0.3, -0.25) is 4.68 Å². The number of aryl methyl sites for hydroxylation is 2. The summed E-state index contributed by atoms with van der Waals surface area (Å²) in [6.07, 6.45) is -26.7. The van der Waals surface area contributed by atoms with Crippen molar-refractivity contribution in [3.8, 4) is 0 Å². The summed E-state index contributed by atoms with van der Waals surface area (Å²) in [5.74, 6) is 0. The van der Waals surface area contributed by atoms with Crippen LogP contribution >= 0.6 is 0 Å². The van der Waals surface area contributed by atoms with Gasteiger partial charge >= 0.3 is 0 Å². The fourth-order valence-electron chi connectivity index (χ4n) is 7.21. The number of aliphatic hydroxyl groups is 10. The molecule has 0 saturated carbocycles. The molecular formula is C35H61N3O21. The minimum absolute atomic E-state index is 0.0643. The van der Waals surface area contributed by atoms with Crippen LogP contribution in [0.5, 0.6) is 0 Å². The third-order valence-corrected chi connectivity index (χ3v) is 10.6. The molecule has 0 aromatic carbocycles. The van der Waals surface area contributed by atoms with E-state index in [1.165, 1.54) is 14.2 Å². The molecule has 24 nitrogen and oxygen atoms in total. The van der Waals surface area contributed by atoms with Crippen molar-refractivity contribution in [2.75, 3.05) is 53.9 Å². The molecule has 4 fully saturated rings. The maximum absolute atomic E-state index is 11.3. The minimum atomic E-state index is -1.82. The van der Waals surface area contributed by atoms with Crippen molar-refractivity contribution < 1.29 is 103 Å². The number of hydrogen-bond acceptors (Lipinski definition) is 23. The molecule has 4 saturated heterocycles. The van der Waals surface area contributed by atoms with Crippen LogP contribution in [0, 0.1) is 0 Å². The lowest BCUT2D eigenvalue weighted by Gasteiger charge is -2.45. The van der Waals surface area contributed by atoms with Crippen LogP contribution in [-0.2, 0) is 65.1 Å². The highest BCUT2D eigenvalue weighted by Gasteiger charge is 2.51. The Bertz CT molecular complexity index is 1370. The van der Waals surface area contributed by atoms with Gasteiger partial charge in [-0.05, 0) is 26.7 Å². The van der Waals surface area contributed by atoms with Crippen molar-refractivity contribution >= 4 is 0 Å². The van der Waals surface area contributed by atoms with Crippen molar-refractivity contribution in [2.45, 2.75) is 156 Å². The molecule has 0 radical (unpaired) electrons. The standard InChI is InChI=1S/C35H61N3O21/c1-5-38-10-15(36-37-38)8-7-9-52-31-19(14-55-33-26(45)22(41)20(39)16(56-33)11-49-3)59-35(29(48)25(31)44)53-12-17-21(40)23(42)27(46)34(57-17)54-13-18-30(51-6-2)24(43)28(47)32(50-4)58-18/h10,16-35,39-48H,5-9,11-14H2,1-4H3/t16-,17-,18-,19-,20?,21?,22-,23-,24+,25+,26-,27-,28-,29-,30?,31?,32?,33+,34-,35+/m0/s1. The summed E-state index contributed by atoms with van der Waals surface area (Å²) >= 11 is 0. The maximum Gasteiger partial charge on any atom is 0.186 e. The van der Waals surface area contributed by atoms with Gasteiger partial charge in [-0.25, -0.2) is 0 Å². The highest BCUT2D eigenvalue weighted by molar-refractivity contribution is 4.96. The highest BCUT2D eigenvalue weighted by Crippen LogP contribution is 2.31. The zero-order chi connectivity index (χ0) is 43.0. The number of methoxy groups -OCH3 is 2. The van der Waals surface area contributed by atoms with E-state index < -0.39 is 143 Å². The first-order valence-corrected chi connectivity index (χ1v) is 19.7. The van der Waals surface area contributed by atoms with Gasteiger partial charge in [0.05, 0.1) is 32.1 Å². The van der Waals surface area contributed by atoms with E-state index in [1.54, 1.807) is 17.8 Å². The van der Waals surface area contributed by atoms with Crippen LogP contribution in [0.25, 0.3) is 0 Å². The predicted octanol–water partition coefficient (Wildman–Crippen LogP) is -6.13. The van der Waals surface area contributed by atoms with E-state index in [0.717, 1.165) is 0 Å². The number of ether oxygens (including phenoxy) is 11. The van der Waals surface area contributed by atoms with Crippen molar-refractivity contribution in [2.24, 2.45) is 0 Å². The number of aromatic nitrogens is 3. The number of aliphatic hydroxyl groups excluding tert-OH is 10. The van der Waals surface area contributed by atoms with Gasteiger partial charge in [0.1, 0.15) is 97.7 Å². The molecular weight excluding hydrogens is 798 g/mol. The molecule has 1 aromatic rings. The van der Waals surface area contributed by atoms with Crippen LogP contribution in [0.3, 0.4) is 0 Å². The Morgan fingerprint density at radius 2 is 1.00 bits per heavy atom. The second-order valence-electron chi connectivity index (χ2n) is 14.7. The first kappa shape index (κ1) is 48.3. The fraction of sp³-hybridized carbons (Fsp3) is 0.943. The Labute approximate surface area is 339 Å². The molecule has 4 aliphatic heterocycles. The topological polar surface area (TPSA) is 335 Å². The van der Waals surface area contributed by atoms with Gasteiger partial charge in [0, 0.05) is 40.2 Å². The van der Waals surface area contributed by atoms with E-state index in [4.69, 9.17) is 52.1 Å².